The Kier molecular flexibility index (Phi) is 4.52. The van der Waals surface area contributed by atoms with Crippen LogP contribution in [-0.2, 0) is 4.79 Å². The summed E-state index contributed by atoms with van der Waals surface area (Å²) in [5, 5.41) is 5.10. The Morgan fingerprint density at radius 1 is 0.917 bits per heavy atom. The Bertz CT molecular complexity index is 860. The van der Waals surface area contributed by atoms with Crippen molar-refractivity contribution < 1.29 is 9.53 Å². The SMILES string of the molecule is Cc1cccc(C)c1O[C@H](C)C(=O)Nc1cccc2ccccc12. The van der Waals surface area contributed by atoms with Crippen LogP contribution in [0.5, 0.6) is 5.75 Å². The normalized spacial score (nSPS) is 12.0. The van der Waals surface area contributed by atoms with Gasteiger partial charge >= 0.3 is 0 Å². The molecule has 3 aromatic rings. The van der Waals surface area contributed by atoms with Gasteiger partial charge in [0.15, 0.2) is 6.10 Å². The molecule has 1 amide bonds. The standard InChI is InChI=1S/C21H21NO2/c1-14-8-6-9-15(2)20(14)24-16(3)21(23)22-19-13-7-11-17-10-4-5-12-18(17)19/h4-13,16H,1-3H3,(H,22,23)/t16-/m1/s1. The molecule has 0 aliphatic heterocycles. The second-order valence-electron chi connectivity index (χ2n) is 6.00. The lowest BCUT2D eigenvalue weighted by Crippen LogP contribution is -2.30. The van der Waals surface area contributed by atoms with Gasteiger partial charge in [-0.3, -0.25) is 4.79 Å². The number of carbonyl (C=O) groups is 1. The Morgan fingerprint density at radius 2 is 1.54 bits per heavy atom. The van der Waals surface area contributed by atoms with Crippen LogP contribution in [0.15, 0.2) is 60.7 Å². The lowest BCUT2D eigenvalue weighted by atomic mass is 10.1. The van der Waals surface area contributed by atoms with Crippen molar-refractivity contribution in [3.63, 3.8) is 0 Å². The number of rotatable bonds is 4. The van der Waals surface area contributed by atoms with Gasteiger partial charge in [0.05, 0.1) is 0 Å². The maximum atomic E-state index is 12.5. The maximum absolute atomic E-state index is 12.5. The minimum Gasteiger partial charge on any atom is -0.480 e. The fraction of sp³-hybridized carbons (Fsp3) is 0.190. The summed E-state index contributed by atoms with van der Waals surface area (Å²) in [6.45, 7) is 5.74. The summed E-state index contributed by atoms with van der Waals surface area (Å²) in [5.74, 6) is 0.618. The number of fused-ring (bicyclic) bond motifs is 1. The highest BCUT2D eigenvalue weighted by molar-refractivity contribution is 6.03. The Labute approximate surface area is 142 Å². The van der Waals surface area contributed by atoms with E-state index < -0.39 is 6.10 Å². The minimum absolute atomic E-state index is 0.158. The molecule has 3 rings (SSSR count). The van der Waals surface area contributed by atoms with Crippen LogP contribution in [0.1, 0.15) is 18.1 Å². The lowest BCUT2D eigenvalue weighted by Gasteiger charge is -2.18. The third-order valence-electron chi connectivity index (χ3n) is 4.12. The molecule has 3 aromatic carbocycles. The van der Waals surface area contributed by atoms with Crippen LogP contribution in [0.3, 0.4) is 0 Å². The number of hydrogen-bond donors (Lipinski definition) is 1. The van der Waals surface area contributed by atoms with Gasteiger partial charge in [-0.1, -0.05) is 54.6 Å². The van der Waals surface area contributed by atoms with Gasteiger partial charge in [0.25, 0.3) is 5.91 Å². The zero-order valence-corrected chi connectivity index (χ0v) is 14.2. The smallest absolute Gasteiger partial charge is 0.265 e. The molecule has 3 heteroatoms. The van der Waals surface area contributed by atoms with Crippen molar-refractivity contribution in [2.45, 2.75) is 26.9 Å². The largest absolute Gasteiger partial charge is 0.480 e. The van der Waals surface area contributed by atoms with Gasteiger partial charge in [0.1, 0.15) is 5.75 Å². The average molecular weight is 319 g/mol. The second-order valence-corrected chi connectivity index (χ2v) is 6.00. The van der Waals surface area contributed by atoms with Crippen molar-refractivity contribution in [2.24, 2.45) is 0 Å². The molecule has 3 nitrogen and oxygen atoms in total. The molecular weight excluding hydrogens is 298 g/mol. The highest BCUT2D eigenvalue weighted by atomic mass is 16.5. The molecule has 122 valence electrons. The first kappa shape index (κ1) is 16.1. The number of aryl methyl sites for hydroxylation is 2. The van der Waals surface area contributed by atoms with E-state index in [2.05, 4.69) is 5.32 Å². The first-order valence-electron chi connectivity index (χ1n) is 8.08. The van der Waals surface area contributed by atoms with Crippen LogP contribution in [0.25, 0.3) is 10.8 Å². The third kappa shape index (κ3) is 3.25. The van der Waals surface area contributed by atoms with Crippen LogP contribution in [-0.4, -0.2) is 12.0 Å². The number of benzene rings is 3. The zero-order valence-electron chi connectivity index (χ0n) is 14.2. The molecular formula is C21H21NO2. The molecule has 0 fully saturated rings. The fourth-order valence-corrected chi connectivity index (χ4v) is 2.78. The minimum atomic E-state index is -0.580. The fourth-order valence-electron chi connectivity index (χ4n) is 2.78. The molecule has 24 heavy (non-hydrogen) atoms. The number of para-hydroxylation sites is 1. The number of ether oxygens (including phenoxy) is 1. The second kappa shape index (κ2) is 6.75. The Morgan fingerprint density at radius 3 is 2.29 bits per heavy atom. The number of amides is 1. The first-order valence-corrected chi connectivity index (χ1v) is 8.08. The Balaban J connectivity index is 1.79. The predicted octanol–water partition coefficient (Wildman–Crippen LogP) is 4.86. The molecule has 0 aromatic heterocycles. The van der Waals surface area contributed by atoms with E-state index >= 15 is 0 Å². The van der Waals surface area contributed by atoms with Gasteiger partial charge in [-0.05, 0) is 43.4 Å². The summed E-state index contributed by atoms with van der Waals surface area (Å²) >= 11 is 0. The first-order chi connectivity index (χ1) is 11.6. The van der Waals surface area contributed by atoms with Crippen molar-refractivity contribution in [1.29, 1.82) is 0 Å². The number of anilines is 1. The molecule has 0 bridgehead atoms. The molecule has 0 spiro atoms. The van der Waals surface area contributed by atoms with Crippen LogP contribution in [0.4, 0.5) is 5.69 Å². The zero-order chi connectivity index (χ0) is 17.1. The Hall–Kier alpha value is -2.81. The highest BCUT2D eigenvalue weighted by Crippen LogP contribution is 2.25. The van der Waals surface area contributed by atoms with Crippen LogP contribution in [0, 0.1) is 13.8 Å². The van der Waals surface area contributed by atoms with E-state index in [1.165, 1.54) is 0 Å². The van der Waals surface area contributed by atoms with Crippen LogP contribution in [0.2, 0.25) is 0 Å². The maximum Gasteiger partial charge on any atom is 0.265 e. The quantitative estimate of drug-likeness (QED) is 0.745. The van der Waals surface area contributed by atoms with E-state index in [-0.39, 0.29) is 5.91 Å². The van der Waals surface area contributed by atoms with Gasteiger partial charge in [-0.25, -0.2) is 0 Å². The third-order valence-corrected chi connectivity index (χ3v) is 4.12. The topological polar surface area (TPSA) is 38.3 Å². The average Bonchev–Trinajstić information content (AvgIpc) is 2.58. The van der Waals surface area contributed by atoms with Gasteiger partial charge in [-0.15, -0.1) is 0 Å². The highest BCUT2D eigenvalue weighted by Gasteiger charge is 2.17. The van der Waals surface area contributed by atoms with Gasteiger partial charge in [-0.2, -0.15) is 0 Å². The van der Waals surface area contributed by atoms with Crippen molar-refractivity contribution in [1.82, 2.24) is 0 Å². The number of carbonyl (C=O) groups excluding carboxylic acids is 1. The summed E-state index contributed by atoms with van der Waals surface area (Å²) in [6.07, 6.45) is -0.580. The summed E-state index contributed by atoms with van der Waals surface area (Å²) in [7, 11) is 0. The van der Waals surface area contributed by atoms with Gasteiger partial charge in [0.2, 0.25) is 0 Å². The summed E-state index contributed by atoms with van der Waals surface area (Å²) in [5.41, 5.74) is 2.86. The van der Waals surface area contributed by atoms with E-state index in [0.717, 1.165) is 33.3 Å². The number of hydrogen-bond acceptors (Lipinski definition) is 2. The van der Waals surface area contributed by atoms with Crippen LogP contribution < -0.4 is 10.1 Å². The molecule has 0 saturated heterocycles. The van der Waals surface area contributed by atoms with Crippen molar-refractivity contribution in [3.05, 3.63) is 71.8 Å². The molecule has 1 N–H and O–H groups in total. The summed E-state index contributed by atoms with van der Waals surface area (Å²) in [6, 6.07) is 19.8. The molecule has 0 unspecified atom stereocenters. The molecule has 0 radical (unpaired) electrons. The van der Waals surface area contributed by atoms with E-state index in [0.29, 0.717) is 0 Å². The van der Waals surface area contributed by atoms with E-state index in [1.54, 1.807) is 6.92 Å². The molecule has 0 aliphatic carbocycles. The lowest BCUT2D eigenvalue weighted by molar-refractivity contribution is -0.122. The molecule has 0 aliphatic rings. The van der Waals surface area contributed by atoms with Crippen LogP contribution >= 0.6 is 0 Å². The van der Waals surface area contributed by atoms with Crippen molar-refractivity contribution in [2.75, 3.05) is 5.32 Å². The van der Waals surface area contributed by atoms with Crippen molar-refractivity contribution in [3.8, 4) is 5.75 Å². The van der Waals surface area contributed by atoms with Gasteiger partial charge in [0, 0.05) is 11.1 Å². The van der Waals surface area contributed by atoms with Crippen molar-refractivity contribution >= 4 is 22.4 Å². The molecule has 0 saturated carbocycles. The predicted molar refractivity (Wildman–Crippen MR) is 98.6 cm³/mol. The van der Waals surface area contributed by atoms with E-state index in [9.17, 15) is 4.79 Å². The summed E-state index contributed by atoms with van der Waals surface area (Å²) < 4.78 is 5.91. The van der Waals surface area contributed by atoms with E-state index in [1.807, 2.05) is 74.5 Å². The molecule has 0 heterocycles. The monoisotopic (exact) mass is 319 g/mol. The summed E-state index contributed by atoms with van der Waals surface area (Å²) in [4.78, 5) is 12.5. The van der Waals surface area contributed by atoms with E-state index in [4.69, 9.17) is 4.74 Å². The molecule has 1 atom stereocenters. The number of nitrogens with one attached hydrogen (secondary N) is 1. The van der Waals surface area contributed by atoms with Gasteiger partial charge < -0.3 is 10.1 Å².